The van der Waals surface area contributed by atoms with Crippen molar-refractivity contribution in [3.05, 3.63) is 51.8 Å². The predicted octanol–water partition coefficient (Wildman–Crippen LogP) is 3.46. The molecule has 4 nitrogen and oxygen atoms in total. The number of hydrogen-bond acceptors (Lipinski definition) is 2. The van der Waals surface area contributed by atoms with Crippen molar-refractivity contribution in [2.24, 2.45) is 0 Å². The molecule has 5 heteroatoms. The second-order valence-electron chi connectivity index (χ2n) is 4.71. The first kappa shape index (κ1) is 14.8. The highest BCUT2D eigenvalue weighted by molar-refractivity contribution is 9.10. The van der Waals surface area contributed by atoms with Gasteiger partial charge >= 0.3 is 0 Å². The van der Waals surface area contributed by atoms with Crippen LogP contribution in [-0.2, 0) is 6.54 Å². The Morgan fingerprint density at radius 3 is 2.85 bits per heavy atom. The van der Waals surface area contributed by atoms with Gasteiger partial charge in [0, 0.05) is 27.8 Å². The summed E-state index contributed by atoms with van der Waals surface area (Å²) in [5.74, 6) is -0.0811. The van der Waals surface area contributed by atoms with Gasteiger partial charge in [0.05, 0.1) is 12.2 Å². The summed E-state index contributed by atoms with van der Waals surface area (Å²) in [6.07, 6.45) is 1.82. The van der Waals surface area contributed by atoms with Crippen LogP contribution >= 0.6 is 15.9 Å². The van der Waals surface area contributed by atoms with Gasteiger partial charge in [-0.25, -0.2) is 0 Å². The van der Waals surface area contributed by atoms with E-state index in [-0.39, 0.29) is 11.9 Å². The molecule has 0 saturated carbocycles. The van der Waals surface area contributed by atoms with Crippen molar-refractivity contribution in [3.8, 4) is 0 Å². The van der Waals surface area contributed by atoms with E-state index in [0.717, 1.165) is 22.3 Å². The van der Waals surface area contributed by atoms with Gasteiger partial charge in [-0.05, 0) is 39.0 Å². The van der Waals surface area contributed by atoms with Crippen molar-refractivity contribution in [2.75, 3.05) is 0 Å². The largest absolute Gasteiger partial charge is 0.345 e. The summed E-state index contributed by atoms with van der Waals surface area (Å²) in [6.45, 7) is 6.88. The molecule has 1 aromatic heterocycles. The van der Waals surface area contributed by atoms with Crippen LogP contribution in [0.1, 0.15) is 41.5 Å². The molecule has 0 spiro atoms. The van der Waals surface area contributed by atoms with Gasteiger partial charge in [-0.15, -0.1) is 0 Å². The molecule has 2 aromatic rings. The molecule has 1 amide bonds. The molecule has 0 aliphatic rings. The van der Waals surface area contributed by atoms with E-state index in [0.29, 0.717) is 5.56 Å². The van der Waals surface area contributed by atoms with E-state index in [1.54, 1.807) is 6.07 Å². The lowest BCUT2D eigenvalue weighted by atomic mass is 10.1. The topological polar surface area (TPSA) is 46.9 Å². The summed E-state index contributed by atoms with van der Waals surface area (Å²) in [7, 11) is 0. The number of aryl methyl sites for hydroxylation is 1. The molecule has 0 radical (unpaired) electrons. The highest BCUT2D eigenvalue weighted by atomic mass is 79.9. The van der Waals surface area contributed by atoms with Crippen LogP contribution in [0, 0.1) is 6.92 Å². The number of halogens is 1. The fourth-order valence-corrected chi connectivity index (χ4v) is 2.59. The summed E-state index contributed by atoms with van der Waals surface area (Å²) in [4.78, 5) is 12.2. The van der Waals surface area contributed by atoms with Gasteiger partial charge in [-0.1, -0.05) is 22.0 Å². The fourth-order valence-electron chi connectivity index (χ4n) is 2.19. The smallest absolute Gasteiger partial charge is 0.251 e. The Morgan fingerprint density at radius 2 is 2.25 bits per heavy atom. The number of aromatic nitrogens is 2. The third kappa shape index (κ3) is 3.10. The lowest BCUT2D eigenvalue weighted by Crippen LogP contribution is -2.26. The number of nitrogens with zero attached hydrogens (tertiary/aromatic N) is 2. The average molecular weight is 336 g/mol. The molecule has 1 N–H and O–H groups in total. The van der Waals surface area contributed by atoms with Gasteiger partial charge in [-0.2, -0.15) is 5.10 Å². The van der Waals surface area contributed by atoms with Gasteiger partial charge in [0.2, 0.25) is 0 Å². The number of hydrogen-bond donors (Lipinski definition) is 1. The van der Waals surface area contributed by atoms with Crippen molar-refractivity contribution in [3.63, 3.8) is 0 Å². The summed E-state index contributed by atoms with van der Waals surface area (Å²) < 4.78 is 2.82. The molecule has 0 aliphatic heterocycles. The minimum absolute atomic E-state index is 0.0678. The van der Waals surface area contributed by atoms with Crippen molar-refractivity contribution >= 4 is 21.8 Å². The zero-order valence-corrected chi connectivity index (χ0v) is 13.4. The average Bonchev–Trinajstić information content (AvgIpc) is 2.79. The van der Waals surface area contributed by atoms with Crippen LogP contribution < -0.4 is 5.32 Å². The molecule has 0 aliphatic carbocycles. The first-order chi connectivity index (χ1) is 9.52. The van der Waals surface area contributed by atoms with Crippen LogP contribution in [0.2, 0.25) is 0 Å². The molecule has 20 heavy (non-hydrogen) atoms. The van der Waals surface area contributed by atoms with Crippen molar-refractivity contribution in [1.82, 2.24) is 15.1 Å². The fraction of sp³-hybridized carbons (Fsp3) is 0.333. The molecule has 0 saturated heterocycles. The Kier molecular flexibility index (Phi) is 4.60. The molecule has 106 valence electrons. The second kappa shape index (κ2) is 6.22. The SMILES string of the molecule is CCn1ncc(C(C)NC(=O)c2cccc(Br)c2)c1C. The zero-order chi connectivity index (χ0) is 14.7. The van der Waals surface area contributed by atoms with Gasteiger partial charge in [0.1, 0.15) is 0 Å². The maximum Gasteiger partial charge on any atom is 0.251 e. The minimum Gasteiger partial charge on any atom is -0.345 e. The van der Waals surface area contributed by atoms with E-state index in [2.05, 4.69) is 33.3 Å². The normalized spacial score (nSPS) is 12.2. The van der Waals surface area contributed by atoms with Crippen molar-refractivity contribution in [1.29, 1.82) is 0 Å². The Morgan fingerprint density at radius 1 is 1.50 bits per heavy atom. The number of benzene rings is 1. The molecule has 0 fully saturated rings. The number of carbonyl (C=O) groups is 1. The molecule has 1 atom stereocenters. The molecular formula is C15H18BrN3O. The maximum absolute atomic E-state index is 12.2. The van der Waals surface area contributed by atoms with Crippen LogP contribution in [0.25, 0.3) is 0 Å². The number of rotatable bonds is 4. The lowest BCUT2D eigenvalue weighted by Gasteiger charge is -2.14. The summed E-state index contributed by atoms with van der Waals surface area (Å²) in [5.41, 5.74) is 2.79. The number of nitrogens with one attached hydrogen (secondary N) is 1. The number of carbonyl (C=O) groups excluding carboxylic acids is 1. The predicted molar refractivity (Wildman–Crippen MR) is 82.7 cm³/mol. The van der Waals surface area contributed by atoms with E-state index in [4.69, 9.17) is 0 Å². The Bertz CT molecular complexity index is 621. The summed E-state index contributed by atoms with van der Waals surface area (Å²) in [5, 5.41) is 7.31. The summed E-state index contributed by atoms with van der Waals surface area (Å²) in [6, 6.07) is 7.29. The van der Waals surface area contributed by atoms with Gasteiger partial charge in [0.15, 0.2) is 0 Å². The van der Waals surface area contributed by atoms with E-state index >= 15 is 0 Å². The molecule has 1 unspecified atom stereocenters. The molecule has 0 bridgehead atoms. The second-order valence-corrected chi connectivity index (χ2v) is 5.62. The van der Waals surface area contributed by atoms with Crippen molar-refractivity contribution in [2.45, 2.75) is 33.4 Å². The van der Waals surface area contributed by atoms with Crippen LogP contribution in [0.3, 0.4) is 0 Å². The minimum atomic E-state index is -0.0811. The Hall–Kier alpha value is -1.62. The standard InChI is InChI=1S/C15H18BrN3O/c1-4-19-11(3)14(9-17-19)10(2)18-15(20)12-6-5-7-13(16)8-12/h5-10H,4H2,1-3H3,(H,18,20). The first-order valence-electron chi connectivity index (χ1n) is 6.61. The highest BCUT2D eigenvalue weighted by Crippen LogP contribution is 2.18. The monoisotopic (exact) mass is 335 g/mol. The maximum atomic E-state index is 12.2. The van der Waals surface area contributed by atoms with Crippen LogP contribution in [-0.4, -0.2) is 15.7 Å². The molecular weight excluding hydrogens is 318 g/mol. The lowest BCUT2D eigenvalue weighted by molar-refractivity contribution is 0.0939. The van der Waals surface area contributed by atoms with E-state index < -0.39 is 0 Å². The van der Waals surface area contributed by atoms with E-state index in [9.17, 15) is 4.79 Å². The third-order valence-corrected chi connectivity index (χ3v) is 3.83. The van der Waals surface area contributed by atoms with Crippen LogP contribution in [0.4, 0.5) is 0 Å². The Labute approximate surface area is 127 Å². The molecule has 1 heterocycles. The molecule has 2 rings (SSSR count). The van der Waals surface area contributed by atoms with Crippen LogP contribution in [0.5, 0.6) is 0 Å². The van der Waals surface area contributed by atoms with Gasteiger partial charge < -0.3 is 5.32 Å². The summed E-state index contributed by atoms with van der Waals surface area (Å²) >= 11 is 3.37. The van der Waals surface area contributed by atoms with Gasteiger partial charge in [-0.3, -0.25) is 9.48 Å². The van der Waals surface area contributed by atoms with E-state index in [1.165, 1.54) is 0 Å². The zero-order valence-electron chi connectivity index (χ0n) is 11.9. The van der Waals surface area contributed by atoms with Crippen molar-refractivity contribution < 1.29 is 4.79 Å². The number of amides is 1. The quantitative estimate of drug-likeness (QED) is 0.929. The molecule has 1 aromatic carbocycles. The first-order valence-corrected chi connectivity index (χ1v) is 7.41. The van der Waals surface area contributed by atoms with Crippen LogP contribution in [0.15, 0.2) is 34.9 Å². The highest BCUT2D eigenvalue weighted by Gasteiger charge is 2.16. The Balaban J connectivity index is 2.13. The third-order valence-electron chi connectivity index (χ3n) is 3.34. The van der Waals surface area contributed by atoms with E-state index in [1.807, 2.05) is 42.9 Å². The van der Waals surface area contributed by atoms with Gasteiger partial charge in [0.25, 0.3) is 5.91 Å².